The topological polar surface area (TPSA) is 55.8 Å². The van der Waals surface area contributed by atoms with E-state index in [2.05, 4.69) is 31.2 Å². The van der Waals surface area contributed by atoms with Crippen LogP contribution in [0.5, 0.6) is 5.75 Å². The molecule has 0 aliphatic heterocycles. The normalized spacial score (nSPS) is 21.2. The number of ether oxygens (including phenoxy) is 2. The maximum Gasteiger partial charge on any atom is 0.308 e. The van der Waals surface area contributed by atoms with Crippen molar-refractivity contribution in [3.63, 3.8) is 0 Å². The van der Waals surface area contributed by atoms with E-state index < -0.39 is 5.60 Å². The summed E-state index contributed by atoms with van der Waals surface area (Å²) < 4.78 is 10.9. The van der Waals surface area contributed by atoms with Gasteiger partial charge in [-0.15, -0.1) is 0 Å². The lowest BCUT2D eigenvalue weighted by Crippen LogP contribution is -2.34. The Balaban J connectivity index is 1.59. The van der Waals surface area contributed by atoms with E-state index in [9.17, 15) is 9.90 Å². The predicted octanol–water partition coefficient (Wildman–Crippen LogP) is 5.86. The van der Waals surface area contributed by atoms with Gasteiger partial charge in [0, 0.05) is 0 Å². The molecule has 4 nitrogen and oxygen atoms in total. The van der Waals surface area contributed by atoms with Gasteiger partial charge in [-0.2, -0.15) is 0 Å². The van der Waals surface area contributed by atoms with Gasteiger partial charge in [0.25, 0.3) is 0 Å². The van der Waals surface area contributed by atoms with E-state index in [4.69, 9.17) is 9.47 Å². The summed E-state index contributed by atoms with van der Waals surface area (Å²) >= 11 is 0. The smallest absolute Gasteiger partial charge is 0.308 e. The van der Waals surface area contributed by atoms with Crippen LogP contribution in [0.15, 0.2) is 48.5 Å². The van der Waals surface area contributed by atoms with E-state index in [0.29, 0.717) is 32.3 Å². The first-order valence-corrected chi connectivity index (χ1v) is 11.3. The Morgan fingerprint density at radius 3 is 2.13 bits per heavy atom. The third kappa shape index (κ3) is 5.63. The summed E-state index contributed by atoms with van der Waals surface area (Å²) in [5.41, 5.74) is 2.29. The lowest BCUT2D eigenvalue weighted by atomic mass is 9.75. The fourth-order valence-corrected chi connectivity index (χ4v) is 4.14. The average molecular weight is 411 g/mol. The highest BCUT2D eigenvalue weighted by atomic mass is 16.5. The fourth-order valence-electron chi connectivity index (χ4n) is 4.14. The molecule has 1 aliphatic carbocycles. The molecular formula is C26H34O4. The standard InChI is InChI=1S/C26H34O4/c1-3-5-6-19-30-24-13-9-21(10-14-24)20-7-11-23(12-8-20)26(28)17-15-22(16-18-26)25(27)29-4-2/h7-14,22,28H,3-6,15-19H2,1-2H3. The zero-order chi connectivity index (χ0) is 21.4. The number of unbranched alkanes of at least 4 members (excludes halogenated alkanes) is 2. The van der Waals surface area contributed by atoms with Gasteiger partial charge in [-0.05, 0) is 67.9 Å². The fraction of sp³-hybridized carbons (Fsp3) is 0.500. The lowest BCUT2D eigenvalue weighted by Gasteiger charge is -2.35. The van der Waals surface area contributed by atoms with Crippen molar-refractivity contribution >= 4 is 5.97 Å². The molecule has 4 heteroatoms. The maximum absolute atomic E-state index is 11.9. The van der Waals surface area contributed by atoms with Crippen molar-refractivity contribution in [2.24, 2.45) is 5.92 Å². The average Bonchev–Trinajstić information content (AvgIpc) is 2.78. The van der Waals surface area contributed by atoms with Crippen molar-refractivity contribution in [2.75, 3.05) is 13.2 Å². The summed E-state index contributed by atoms with van der Waals surface area (Å²) in [6.07, 6.45) is 5.97. The maximum atomic E-state index is 11.9. The van der Waals surface area contributed by atoms with E-state index in [-0.39, 0.29) is 11.9 Å². The third-order valence-corrected chi connectivity index (χ3v) is 6.06. The second kappa shape index (κ2) is 10.6. The van der Waals surface area contributed by atoms with E-state index in [1.807, 2.05) is 31.2 Å². The summed E-state index contributed by atoms with van der Waals surface area (Å²) in [5, 5.41) is 11.1. The van der Waals surface area contributed by atoms with Gasteiger partial charge in [0.1, 0.15) is 5.75 Å². The molecule has 1 fully saturated rings. The molecule has 30 heavy (non-hydrogen) atoms. The Labute approximate surface area is 180 Å². The quantitative estimate of drug-likeness (QED) is 0.415. The number of carbonyl (C=O) groups excluding carboxylic acids is 1. The van der Waals surface area contributed by atoms with Crippen LogP contribution >= 0.6 is 0 Å². The largest absolute Gasteiger partial charge is 0.494 e. The van der Waals surface area contributed by atoms with Crippen LogP contribution in [0.3, 0.4) is 0 Å². The minimum absolute atomic E-state index is 0.0906. The summed E-state index contributed by atoms with van der Waals surface area (Å²) in [7, 11) is 0. The number of carbonyl (C=O) groups is 1. The van der Waals surface area contributed by atoms with Crippen LogP contribution in [0.25, 0.3) is 11.1 Å². The van der Waals surface area contributed by atoms with Crippen LogP contribution in [0.1, 0.15) is 64.4 Å². The van der Waals surface area contributed by atoms with Crippen LogP contribution < -0.4 is 4.74 Å². The van der Waals surface area contributed by atoms with Crippen molar-refractivity contribution in [1.82, 2.24) is 0 Å². The van der Waals surface area contributed by atoms with E-state index in [1.165, 1.54) is 12.8 Å². The van der Waals surface area contributed by atoms with Crippen molar-refractivity contribution in [3.8, 4) is 16.9 Å². The van der Waals surface area contributed by atoms with E-state index >= 15 is 0 Å². The summed E-state index contributed by atoms with van der Waals surface area (Å²) in [4.78, 5) is 11.9. The second-order valence-corrected chi connectivity index (χ2v) is 8.22. The summed E-state index contributed by atoms with van der Waals surface area (Å²) in [6.45, 7) is 5.18. The zero-order valence-corrected chi connectivity index (χ0v) is 18.2. The Morgan fingerprint density at radius 2 is 1.57 bits per heavy atom. The molecule has 1 N–H and O–H groups in total. The van der Waals surface area contributed by atoms with Gasteiger partial charge >= 0.3 is 5.97 Å². The lowest BCUT2D eigenvalue weighted by molar-refractivity contribution is -0.151. The summed E-state index contributed by atoms with van der Waals surface area (Å²) in [5.74, 6) is 0.680. The minimum Gasteiger partial charge on any atom is -0.494 e. The molecule has 0 atom stereocenters. The molecule has 0 bridgehead atoms. The van der Waals surface area contributed by atoms with Gasteiger partial charge < -0.3 is 14.6 Å². The van der Waals surface area contributed by atoms with Crippen LogP contribution in [0, 0.1) is 5.92 Å². The van der Waals surface area contributed by atoms with Crippen LogP contribution in [0.4, 0.5) is 0 Å². The molecule has 0 unspecified atom stereocenters. The molecule has 0 heterocycles. The Kier molecular flexibility index (Phi) is 7.92. The zero-order valence-electron chi connectivity index (χ0n) is 18.2. The SMILES string of the molecule is CCCCCOc1ccc(-c2ccc(C3(O)CCC(C(=O)OCC)CC3)cc2)cc1. The Hall–Kier alpha value is -2.33. The molecule has 0 radical (unpaired) electrons. The number of rotatable bonds is 9. The van der Waals surface area contributed by atoms with Gasteiger partial charge in [-0.25, -0.2) is 0 Å². The third-order valence-electron chi connectivity index (χ3n) is 6.06. The van der Waals surface area contributed by atoms with Crippen molar-refractivity contribution in [1.29, 1.82) is 0 Å². The molecule has 1 saturated carbocycles. The first-order chi connectivity index (χ1) is 14.6. The molecule has 3 rings (SSSR count). The summed E-state index contributed by atoms with van der Waals surface area (Å²) in [6, 6.07) is 16.3. The molecule has 0 spiro atoms. The van der Waals surface area contributed by atoms with Crippen molar-refractivity contribution in [2.45, 2.75) is 64.4 Å². The Morgan fingerprint density at radius 1 is 0.967 bits per heavy atom. The first kappa shape index (κ1) is 22.4. The van der Waals surface area contributed by atoms with Gasteiger partial charge in [0.15, 0.2) is 0 Å². The number of hydrogen-bond donors (Lipinski definition) is 1. The van der Waals surface area contributed by atoms with Crippen LogP contribution in [-0.4, -0.2) is 24.3 Å². The van der Waals surface area contributed by atoms with Gasteiger partial charge in [0.05, 0.1) is 24.7 Å². The van der Waals surface area contributed by atoms with Gasteiger partial charge in [-0.3, -0.25) is 4.79 Å². The molecule has 162 valence electrons. The molecule has 2 aromatic rings. The number of hydrogen-bond acceptors (Lipinski definition) is 4. The second-order valence-electron chi connectivity index (χ2n) is 8.22. The van der Waals surface area contributed by atoms with Gasteiger partial charge in [0.2, 0.25) is 0 Å². The highest BCUT2D eigenvalue weighted by Gasteiger charge is 2.37. The molecule has 1 aliphatic rings. The number of aliphatic hydroxyl groups is 1. The first-order valence-electron chi connectivity index (χ1n) is 11.3. The minimum atomic E-state index is -0.863. The van der Waals surface area contributed by atoms with Crippen LogP contribution in [-0.2, 0) is 15.1 Å². The molecule has 0 aromatic heterocycles. The Bertz CT molecular complexity index is 787. The predicted molar refractivity (Wildman–Crippen MR) is 119 cm³/mol. The molecule has 0 amide bonds. The molecular weight excluding hydrogens is 376 g/mol. The van der Waals surface area contributed by atoms with Crippen molar-refractivity contribution < 1.29 is 19.4 Å². The highest BCUT2D eigenvalue weighted by molar-refractivity contribution is 5.72. The number of benzene rings is 2. The molecule has 0 saturated heterocycles. The molecule has 2 aromatic carbocycles. The van der Waals surface area contributed by atoms with Crippen LogP contribution in [0.2, 0.25) is 0 Å². The van der Waals surface area contributed by atoms with Crippen molar-refractivity contribution in [3.05, 3.63) is 54.1 Å². The monoisotopic (exact) mass is 410 g/mol. The number of esters is 1. The highest BCUT2D eigenvalue weighted by Crippen LogP contribution is 2.40. The van der Waals surface area contributed by atoms with E-state index in [0.717, 1.165) is 35.5 Å². The van der Waals surface area contributed by atoms with E-state index in [1.54, 1.807) is 0 Å². The van der Waals surface area contributed by atoms with Gasteiger partial charge in [-0.1, -0.05) is 56.2 Å².